The summed E-state index contributed by atoms with van der Waals surface area (Å²) in [5.74, 6) is -0.0929. The summed E-state index contributed by atoms with van der Waals surface area (Å²) in [6.07, 6.45) is 0. The minimum Gasteiger partial charge on any atom is -0.342 e. The number of hydrogen-bond acceptors (Lipinski definition) is 2. The molecule has 0 bridgehead atoms. The predicted octanol–water partition coefficient (Wildman–Crippen LogP) is 5.31. The molecule has 1 atom stereocenters. The zero-order chi connectivity index (χ0) is 14.8. The molecule has 0 saturated carbocycles. The number of carbonyl (C=O) groups is 1. The topological polar surface area (TPSA) is 29.1 Å². The van der Waals surface area contributed by atoms with E-state index in [2.05, 4.69) is 53.1 Å². The average Bonchev–Trinajstić information content (AvgIpc) is 2.78. The molecule has 0 spiro atoms. The number of nitrogens with one attached hydrogen (secondary N) is 1. The first-order valence-corrected chi connectivity index (χ1v) is 9.37. The van der Waals surface area contributed by atoms with E-state index in [0.29, 0.717) is 10.9 Å². The second-order valence-corrected chi connectivity index (χ2v) is 8.83. The summed E-state index contributed by atoms with van der Waals surface area (Å²) < 4.78 is 1.75. The molecule has 1 unspecified atom stereocenters. The van der Waals surface area contributed by atoms with Crippen molar-refractivity contribution in [3.63, 3.8) is 0 Å². The lowest BCUT2D eigenvalue weighted by molar-refractivity contribution is 0.0914. The van der Waals surface area contributed by atoms with Gasteiger partial charge in [-0.3, -0.25) is 4.79 Å². The highest BCUT2D eigenvalue weighted by atomic mass is 79.9. The van der Waals surface area contributed by atoms with Crippen molar-refractivity contribution < 1.29 is 4.79 Å². The molecule has 106 valence electrons. The van der Waals surface area contributed by atoms with Crippen LogP contribution in [0.4, 0.5) is 0 Å². The van der Waals surface area contributed by atoms with Crippen LogP contribution in [0.15, 0.2) is 44.0 Å². The number of rotatable bonds is 4. The van der Waals surface area contributed by atoms with E-state index in [9.17, 15) is 4.79 Å². The summed E-state index contributed by atoms with van der Waals surface area (Å²) in [5, 5.41) is 3.74. The van der Waals surface area contributed by atoms with E-state index in [1.807, 2.05) is 43.3 Å². The van der Waals surface area contributed by atoms with Gasteiger partial charge in [0.2, 0.25) is 0 Å². The number of thiophene rings is 1. The lowest BCUT2D eigenvalue weighted by Gasteiger charge is -2.29. The Morgan fingerprint density at radius 3 is 2.45 bits per heavy atom. The molecule has 0 aliphatic rings. The van der Waals surface area contributed by atoms with Crippen molar-refractivity contribution in [2.24, 2.45) is 0 Å². The molecule has 2 rings (SSSR count). The summed E-state index contributed by atoms with van der Waals surface area (Å²) in [7, 11) is 0. The van der Waals surface area contributed by atoms with E-state index < -0.39 is 5.54 Å². The monoisotopic (exact) mass is 479 g/mol. The fraction of sp³-hybridized carbons (Fsp3) is 0.214. The predicted molar refractivity (Wildman–Crippen MR) is 94.8 cm³/mol. The van der Waals surface area contributed by atoms with Gasteiger partial charge in [0.15, 0.2) is 0 Å². The number of alkyl halides is 1. The molecule has 0 fully saturated rings. The number of hydrogen-bond donors (Lipinski definition) is 1. The molecule has 1 heterocycles. The molecule has 2 nitrogen and oxygen atoms in total. The highest BCUT2D eigenvalue weighted by molar-refractivity contribution is 9.12. The van der Waals surface area contributed by atoms with Crippen LogP contribution in [0.1, 0.15) is 22.8 Å². The van der Waals surface area contributed by atoms with Crippen LogP contribution in [0, 0.1) is 0 Å². The maximum absolute atomic E-state index is 12.5. The van der Waals surface area contributed by atoms with Gasteiger partial charge in [0.25, 0.3) is 5.91 Å². The SMILES string of the molecule is CC(CBr)(NC(=O)c1cc(Br)sc1Br)c1ccccc1. The van der Waals surface area contributed by atoms with E-state index in [1.165, 1.54) is 11.3 Å². The molecule has 0 aliphatic heterocycles. The summed E-state index contributed by atoms with van der Waals surface area (Å²) in [5.41, 5.74) is 1.26. The molecular formula is C14H12Br3NOS. The Morgan fingerprint density at radius 2 is 1.95 bits per heavy atom. The highest BCUT2D eigenvalue weighted by Crippen LogP contribution is 2.33. The Bertz CT molecular complexity index is 614. The third kappa shape index (κ3) is 3.53. The first kappa shape index (κ1) is 16.2. The average molecular weight is 482 g/mol. The summed E-state index contributed by atoms with van der Waals surface area (Å²) in [6, 6.07) is 11.8. The normalized spacial score (nSPS) is 13.8. The van der Waals surface area contributed by atoms with Crippen LogP contribution in [0.3, 0.4) is 0 Å². The van der Waals surface area contributed by atoms with Gasteiger partial charge in [0.05, 0.1) is 18.7 Å². The van der Waals surface area contributed by atoms with Gasteiger partial charge in [-0.25, -0.2) is 0 Å². The van der Waals surface area contributed by atoms with E-state index in [-0.39, 0.29) is 5.91 Å². The Kier molecular flexibility index (Phi) is 5.45. The second-order valence-electron chi connectivity index (χ2n) is 4.52. The van der Waals surface area contributed by atoms with Gasteiger partial charge in [0.1, 0.15) is 0 Å². The molecule has 6 heteroatoms. The third-order valence-corrected chi connectivity index (χ3v) is 6.43. The standard InChI is InChI=1S/C14H12Br3NOS/c1-14(8-15,9-5-3-2-4-6-9)18-13(19)10-7-11(16)20-12(10)17/h2-7H,8H2,1H3,(H,18,19). The summed E-state index contributed by atoms with van der Waals surface area (Å²) in [6.45, 7) is 2.00. The second kappa shape index (κ2) is 6.73. The molecule has 0 aliphatic carbocycles. The van der Waals surface area contributed by atoms with E-state index in [4.69, 9.17) is 0 Å². The number of amides is 1. The molecule has 0 saturated heterocycles. The smallest absolute Gasteiger partial charge is 0.254 e. The van der Waals surface area contributed by atoms with Gasteiger partial charge in [-0.05, 0) is 50.4 Å². The fourth-order valence-corrected chi connectivity index (χ4v) is 5.06. The summed E-state index contributed by atoms with van der Waals surface area (Å²) >= 11 is 11.8. The van der Waals surface area contributed by atoms with Crippen LogP contribution in [0.5, 0.6) is 0 Å². The van der Waals surface area contributed by atoms with Gasteiger partial charge in [0, 0.05) is 5.33 Å². The summed E-state index contributed by atoms with van der Waals surface area (Å²) in [4.78, 5) is 12.5. The Morgan fingerprint density at radius 1 is 1.30 bits per heavy atom. The molecule has 1 aromatic heterocycles. The lowest BCUT2D eigenvalue weighted by atomic mass is 9.94. The maximum Gasteiger partial charge on any atom is 0.254 e. The van der Waals surface area contributed by atoms with Gasteiger partial charge in [-0.1, -0.05) is 46.3 Å². The zero-order valence-electron chi connectivity index (χ0n) is 10.6. The molecule has 1 N–H and O–H groups in total. The lowest BCUT2D eigenvalue weighted by Crippen LogP contribution is -2.44. The Labute approximate surface area is 147 Å². The first-order chi connectivity index (χ1) is 9.46. The van der Waals surface area contributed by atoms with Crippen molar-refractivity contribution in [1.82, 2.24) is 5.32 Å². The van der Waals surface area contributed by atoms with E-state index in [0.717, 1.165) is 13.1 Å². The van der Waals surface area contributed by atoms with E-state index in [1.54, 1.807) is 0 Å². The van der Waals surface area contributed by atoms with Crippen molar-refractivity contribution in [1.29, 1.82) is 0 Å². The van der Waals surface area contributed by atoms with Gasteiger partial charge in [-0.2, -0.15) is 0 Å². The maximum atomic E-state index is 12.5. The van der Waals surface area contributed by atoms with Crippen molar-refractivity contribution in [2.75, 3.05) is 5.33 Å². The van der Waals surface area contributed by atoms with Crippen molar-refractivity contribution in [3.8, 4) is 0 Å². The minimum atomic E-state index is -0.452. The molecule has 2 aromatic rings. The molecule has 1 aromatic carbocycles. The van der Waals surface area contributed by atoms with Crippen LogP contribution in [-0.4, -0.2) is 11.2 Å². The number of carbonyl (C=O) groups excluding carboxylic acids is 1. The molecule has 1 amide bonds. The fourth-order valence-electron chi connectivity index (χ4n) is 1.80. The van der Waals surface area contributed by atoms with Crippen LogP contribution in [-0.2, 0) is 5.54 Å². The Balaban J connectivity index is 2.26. The van der Waals surface area contributed by atoms with Crippen LogP contribution in [0.25, 0.3) is 0 Å². The van der Waals surface area contributed by atoms with Crippen molar-refractivity contribution in [3.05, 3.63) is 55.1 Å². The van der Waals surface area contributed by atoms with Crippen molar-refractivity contribution in [2.45, 2.75) is 12.5 Å². The van der Waals surface area contributed by atoms with Crippen LogP contribution < -0.4 is 5.32 Å². The zero-order valence-corrected chi connectivity index (χ0v) is 16.2. The Hall–Kier alpha value is -0.170. The van der Waals surface area contributed by atoms with Crippen LogP contribution in [0.2, 0.25) is 0 Å². The minimum absolute atomic E-state index is 0.0929. The molecule has 20 heavy (non-hydrogen) atoms. The third-order valence-electron chi connectivity index (χ3n) is 2.97. The highest BCUT2D eigenvalue weighted by Gasteiger charge is 2.28. The van der Waals surface area contributed by atoms with Gasteiger partial charge >= 0.3 is 0 Å². The number of benzene rings is 1. The quantitative estimate of drug-likeness (QED) is 0.589. The van der Waals surface area contributed by atoms with E-state index >= 15 is 0 Å². The van der Waals surface area contributed by atoms with Gasteiger partial charge in [-0.15, -0.1) is 11.3 Å². The molecular weight excluding hydrogens is 470 g/mol. The van der Waals surface area contributed by atoms with Crippen LogP contribution >= 0.6 is 59.1 Å². The first-order valence-electron chi connectivity index (χ1n) is 5.85. The van der Waals surface area contributed by atoms with Gasteiger partial charge < -0.3 is 5.32 Å². The molecule has 0 radical (unpaired) electrons. The number of halogens is 3. The van der Waals surface area contributed by atoms with Crippen molar-refractivity contribution >= 4 is 65.0 Å². The largest absolute Gasteiger partial charge is 0.342 e.